The van der Waals surface area contributed by atoms with Crippen LogP contribution in [0.5, 0.6) is 23.0 Å². The maximum Gasteiger partial charge on any atom is 0.335 e. The number of ether oxygens (including phenoxy) is 4. The van der Waals surface area contributed by atoms with E-state index in [2.05, 4.69) is 26.6 Å². The summed E-state index contributed by atoms with van der Waals surface area (Å²) < 4.78 is 21.9. The van der Waals surface area contributed by atoms with Crippen LogP contribution in [-0.4, -0.2) is 51.3 Å². The van der Waals surface area contributed by atoms with Crippen LogP contribution >= 0.6 is 15.9 Å². The number of aromatic carboxylic acids is 1. The maximum absolute atomic E-state index is 13.5. The molecule has 0 fully saturated rings. The summed E-state index contributed by atoms with van der Waals surface area (Å²) in [5.74, 6) is -1.22. The summed E-state index contributed by atoms with van der Waals surface area (Å²) in [5.41, 5.74) is 0.629. The molecule has 38 heavy (non-hydrogen) atoms. The van der Waals surface area contributed by atoms with Crippen molar-refractivity contribution in [1.82, 2.24) is 5.32 Å². The maximum atomic E-state index is 13.5. The Hall–Kier alpha value is -4.51. The van der Waals surface area contributed by atoms with Gasteiger partial charge in [0.05, 0.1) is 45.3 Å². The summed E-state index contributed by atoms with van der Waals surface area (Å²) in [5, 5.41) is 14.6. The third-order valence-electron chi connectivity index (χ3n) is 5.30. The summed E-state index contributed by atoms with van der Waals surface area (Å²) in [7, 11) is 5.75. The van der Waals surface area contributed by atoms with Crippen molar-refractivity contribution in [1.29, 1.82) is 0 Å². The molecule has 0 saturated carbocycles. The average molecular weight is 585 g/mol. The number of rotatable bonds is 10. The van der Waals surface area contributed by atoms with E-state index in [0.717, 1.165) is 0 Å². The van der Waals surface area contributed by atoms with Gasteiger partial charge in [-0.3, -0.25) is 9.59 Å². The van der Waals surface area contributed by atoms with Crippen molar-refractivity contribution in [2.45, 2.75) is 0 Å². The molecule has 0 bridgehead atoms. The van der Waals surface area contributed by atoms with Gasteiger partial charge in [-0.05, 0) is 70.0 Å². The largest absolute Gasteiger partial charge is 0.495 e. The number of methoxy groups -OCH3 is 4. The monoisotopic (exact) mass is 584 g/mol. The summed E-state index contributed by atoms with van der Waals surface area (Å²) in [4.78, 5) is 38.0. The third-order valence-corrected chi connectivity index (χ3v) is 6.00. The number of carboxylic acids is 1. The molecule has 3 aromatic carbocycles. The van der Waals surface area contributed by atoms with Crippen LogP contribution in [0.25, 0.3) is 6.08 Å². The molecule has 0 heterocycles. The van der Waals surface area contributed by atoms with E-state index < -0.39 is 17.8 Å². The van der Waals surface area contributed by atoms with Crippen molar-refractivity contribution in [3.05, 3.63) is 81.5 Å². The van der Waals surface area contributed by atoms with E-state index in [4.69, 9.17) is 18.9 Å². The standard InChI is InChI=1S/C27H25BrN2O8/c1-35-21-10-9-16(27(33)34)14-19(21)29-26(32)20(30-25(31)17-7-5-6-8-18(17)28)11-15-12-22(36-2)24(38-4)23(13-15)37-3/h5-14H,1-4H3,(H,29,32)(H,30,31)(H,33,34)/b20-11+. The first-order valence-corrected chi connectivity index (χ1v) is 11.8. The Labute approximate surface area is 227 Å². The van der Waals surface area contributed by atoms with Crippen molar-refractivity contribution in [2.75, 3.05) is 33.8 Å². The van der Waals surface area contributed by atoms with Gasteiger partial charge in [-0.1, -0.05) is 12.1 Å². The first kappa shape index (κ1) is 28.1. The fourth-order valence-corrected chi connectivity index (χ4v) is 3.94. The Balaban J connectivity index is 2.09. The van der Waals surface area contributed by atoms with Gasteiger partial charge in [0.1, 0.15) is 11.4 Å². The highest BCUT2D eigenvalue weighted by atomic mass is 79.9. The number of hydrogen-bond donors (Lipinski definition) is 3. The van der Waals surface area contributed by atoms with Gasteiger partial charge in [-0.25, -0.2) is 4.79 Å². The van der Waals surface area contributed by atoms with Crippen LogP contribution in [0, 0.1) is 0 Å². The molecule has 0 saturated heterocycles. The zero-order valence-electron chi connectivity index (χ0n) is 21.0. The van der Waals surface area contributed by atoms with Crippen LogP contribution in [-0.2, 0) is 4.79 Å². The number of nitrogens with one attached hydrogen (secondary N) is 2. The summed E-state index contributed by atoms with van der Waals surface area (Å²) >= 11 is 3.34. The van der Waals surface area contributed by atoms with Crippen LogP contribution in [0.2, 0.25) is 0 Å². The van der Waals surface area contributed by atoms with E-state index in [9.17, 15) is 19.5 Å². The van der Waals surface area contributed by atoms with Gasteiger partial charge in [0.2, 0.25) is 5.75 Å². The Kier molecular flexibility index (Phi) is 9.33. The molecule has 3 aromatic rings. The van der Waals surface area contributed by atoms with E-state index in [1.807, 2.05) is 0 Å². The molecule has 0 radical (unpaired) electrons. The molecule has 0 spiro atoms. The van der Waals surface area contributed by atoms with Gasteiger partial charge < -0.3 is 34.7 Å². The molecule has 0 unspecified atom stereocenters. The van der Waals surface area contributed by atoms with Crippen molar-refractivity contribution in [3.63, 3.8) is 0 Å². The Morgan fingerprint density at radius 2 is 1.47 bits per heavy atom. The second-order valence-electron chi connectivity index (χ2n) is 7.62. The molecule has 0 aliphatic carbocycles. The van der Waals surface area contributed by atoms with Gasteiger partial charge in [0.15, 0.2) is 11.5 Å². The first-order valence-electron chi connectivity index (χ1n) is 11.0. The van der Waals surface area contributed by atoms with Crippen LogP contribution < -0.4 is 29.6 Å². The Bertz CT molecular complexity index is 1380. The molecule has 0 aliphatic heterocycles. The van der Waals surface area contributed by atoms with Gasteiger partial charge in [0, 0.05) is 4.47 Å². The van der Waals surface area contributed by atoms with Crippen molar-refractivity contribution < 1.29 is 38.4 Å². The molecule has 0 aromatic heterocycles. The van der Waals surface area contributed by atoms with E-state index in [1.165, 1.54) is 52.7 Å². The Morgan fingerprint density at radius 1 is 0.842 bits per heavy atom. The summed E-state index contributed by atoms with van der Waals surface area (Å²) in [6, 6.07) is 13.9. The molecular weight excluding hydrogens is 560 g/mol. The lowest BCUT2D eigenvalue weighted by molar-refractivity contribution is -0.113. The quantitative estimate of drug-likeness (QED) is 0.295. The molecule has 3 rings (SSSR count). The first-order chi connectivity index (χ1) is 18.2. The molecule has 0 atom stereocenters. The second kappa shape index (κ2) is 12.6. The zero-order chi connectivity index (χ0) is 27.8. The Morgan fingerprint density at radius 3 is 2.03 bits per heavy atom. The van der Waals surface area contributed by atoms with E-state index >= 15 is 0 Å². The van der Waals surface area contributed by atoms with Crippen molar-refractivity contribution >= 4 is 45.5 Å². The van der Waals surface area contributed by atoms with Crippen LogP contribution in [0.3, 0.4) is 0 Å². The number of carboxylic acid groups (broad SMARTS) is 1. The highest BCUT2D eigenvalue weighted by molar-refractivity contribution is 9.10. The lowest BCUT2D eigenvalue weighted by Gasteiger charge is -2.16. The smallest absolute Gasteiger partial charge is 0.335 e. The second-order valence-corrected chi connectivity index (χ2v) is 8.48. The average Bonchev–Trinajstić information content (AvgIpc) is 2.91. The fraction of sp³-hybridized carbons (Fsp3) is 0.148. The number of carbonyl (C=O) groups is 3. The minimum atomic E-state index is -1.18. The van der Waals surface area contributed by atoms with E-state index in [-0.39, 0.29) is 22.7 Å². The van der Waals surface area contributed by atoms with E-state index in [0.29, 0.717) is 32.8 Å². The van der Waals surface area contributed by atoms with Gasteiger partial charge in [-0.2, -0.15) is 0 Å². The highest BCUT2D eigenvalue weighted by Gasteiger charge is 2.20. The summed E-state index contributed by atoms with van der Waals surface area (Å²) in [6.45, 7) is 0. The number of carbonyl (C=O) groups excluding carboxylic acids is 2. The number of benzene rings is 3. The predicted molar refractivity (Wildman–Crippen MR) is 144 cm³/mol. The molecular formula is C27H25BrN2O8. The normalized spacial score (nSPS) is 10.8. The van der Waals surface area contributed by atoms with Crippen LogP contribution in [0.1, 0.15) is 26.3 Å². The third kappa shape index (κ3) is 6.43. The number of anilines is 1. The van der Waals surface area contributed by atoms with Gasteiger partial charge in [0.25, 0.3) is 11.8 Å². The lowest BCUT2D eigenvalue weighted by atomic mass is 10.1. The fourth-order valence-electron chi connectivity index (χ4n) is 3.47. The van der Waals surface area contributed by atoms with Gasteiger partial charge >= 0.3 is 5.97 Å². The SMILES string of the molecule is COc1ccc(C(=O)O)cc1NC(=O)/C(=C\c1cc(OC)c(OC)c(OC)c1)NC(=O)c1ccccc1Br. The molecule has 11 heteroatoms. The molecule has 3 N–H and O–H groups in total. The number of hydrogen-bond acceptors (Lipinski definition) is 7. The molecule has 198 valence electrons. The zero-order valence-corrected chi connectivity index (χ0v) is 22.5. The van der Waals surface area contributed by atoms with E-state index in [1.54, 1.807) is 36.4 Å². The van der Waals surface area contributed by atoms with Gasteiger partial charge in [-0.15, -0.1) is 0 Å². The van der Waals surface area contributed by atoms with Crippen LogP contribution in [0.15, 0.2) is 64.8 Å². The minimum absolute atomic E-state index is 0.0616. The predicted octanol–water partition coefficient (Wildman–Crippen LogP) is 4.59. The summed E-state index contributed by atoms with van der Waals surface area (Å²) in [6.07, 6.45) is 1.42. The number of amides is 2. The topological polar surface area (TPSA) is 132 Å². The van der Waals surface area contributed by atoms with Crippen molar-refractivity contribution in [2.24, 2.45) is 0 Å². The molecule has 0 aliphatic rings. The lowest BCUT2D eigenvalue weighted by Crippen LogP contribution is -2.31. The molecule has 2 amide bonds. The minimum Gasteiger partial charge on any atom is -0.495 e. The van der Waals surface area contributed by atoms with Crippen molar-refractivity contribution in [3.8, 4) is 23.0 Å². The molecule has 10 nitrogen and oxygen atoms in total. The highest BCUT2D eigenvalue weighted by Crippen LogP contribution is 2.38. The number of halogens is 1. The van der Waals surface area contributed by atoms with Crippen LogP contribution in [0.4, 0.5) is 5.69 Å².